The van der Waals surface area contributed by atoms with Crippen molar-refractivity contribution < 1.29 is 14.7 Å². The second kappa shape index (κ2) is 8.45. The number of hydrogen-bond acceptors (Lipinski definition) is 4. The number of hydrogen-bond donors (Lipinski definition) is 1. The number of fused-ring (bicyclic) bond motifs is 1. The van der Waals surface area contributed by atoms with Gasteiger partial charge < -0.3 is 5.11 Å². The van der Waals surface area contributed by atoms with Crippen molar-refractivity contribution in [1.82, 2.24) is 0 Å². The lowest BCUT2D eigenvalue weighted by atomic mass is 9.81. The number of allylic oxidation sites excluding steroid dienone is 3. The zero-order valence-corrected chi connectivity index (χ0v) is 13.8. The summed E-state index contributed by atoms with van der Waals surface area (Å²) in [7, 11) is 0. The first kappa shape index (κ1) is 17.9. The quantitative estimate of drug-likeness (QED) is 0.585. The molecule has 5 nitrogen and oxygen atoms in total. The summed E-state index contributed by atoms with van der Waals surface area (Å²) in [6.07, 6.45) is 9.26. The normalized spacial score (nSPS) is 26.8. The molecule has 2 atom stereocenters. The van der Waals surface area contributed by atoms with E-state index in [4.69, 9.17) is 5.11 Å². The fourth-order valence-electron chi connectivity index (χ4n) is 3.93. The van der Waals surface area contributed by atoms with Crippen LogP contribution in [0.25, 0.3) is 0 Å². The minimum Gasteiger partial charge on any atom is -0.478 e. The molecule has 0 aromatic carbocycles. The molecule has 24 heavy (non-hydrogen) atoms. The van der Waals surface area contributed by atoms with Gasteiger partial charge in [0.15, 0.2) is 5.78 Å². The molecule has 0 aromatic heterocycles. The second-order valence-electron chi connectivity index (χ2n) is 6.67. The van der Waals surface area contributed by atoms with Gasteiger partial charge in [-0.25, -0.2) is 4.79 Å². The van der Waals surface area contributed by atoms with Crippen molar-refractivity contribution in [3.8, 4) is 12.1 Å². The molecule has 5 heteroatoms. The average Bonchev–Trinajstić information content (AvgIpc) is 2.62. The first-order valence-electron chi connectivity index (χ1n) is 8.58. The topological polar surface area (TPSA) is 102 Å². The minimum atomic E-state index is -1.22. The molecule has 0 bridgehead atoms. The number of carboxylic acid groups (broad SMARTS) is 1. The Morgan fingerprint density at radius 1 is 1.00 bits per heavy atom. The molecular weight excluding hydrogens is 304 g/mol. The van der Waals surface area contributed by atoms with Crippen LogP contribution in [0.2, 0.25) is 0 Å². The van der Waals surface area contributed by atoms with Crippen molar-refractivity contribution in [2.75, 3.05) is 0 Å². The predicted octanol–water partition coefficient (Wildman–Crippen LogP) is 3.68. The minimum absolute atomic E-state index is 0.0464. The zero-order valence-electron chi connectivity index (χ0n) is 13.8. The van der Waals surface area contributed by atoms with Gasteiger partial charge in [0, 0.05) is 18.1 Å². The number of carbonyl (C=O) groups is 2. The SMILES string of the molecule is N#CC(C#N)=C1CC2CCCCCCCC2CC(=O)/C1=C/C(=O)O. The molecular formula is C19H22N2O3. The highest BCUT2D eigenvalue weighted by molar-refractivity contribution is 6.05. The molecule has 2 saturated carbocycles. The summed E-state index contributed by atoms with van der Waals surface area (Å²) < 4.78 is 0. The standard InChI is InChI=1S/C19H22N2O3/c20-11-15(12-21)16-8-13-6-4-2-1-3-5-7-14(13)9-18(22)17(16)10-19(23)24/h10,13-14H,1-9H2,(H,23,24)/b17-10+. The summed E-state index contributed by atoms with van der Waals surface area (Å²) in [5, 5.41) is 27.6. The van der Waals surface area contributed by atoms with E-state index in [0.717, 1.165) is 38.2 Å². The molecule has 2 aliphatic rings. The summed E-state index contributed by atoms with van der Waals surface area (Å²) in [4.78, 5) is 23.8. The number of nitriles is 2. The highest BCUT2D eigenvalue weighted by Crippen LogP contribution is 2.40. The molecule has 0 amide bonds. The van der Waals surface area contributed by atoms with Gasteiger partial charge >= 0.3 is 5.97 Å². The maximum atomic E-state index is 12.7. The Morgan fingerprint density at radius 3 is 2.08 bits per heavy atom. The summed E-state index contributed by atoms with van der Waals surface area (Å²) >= 11 is 0. The van der Waals surface area contributed by atoms with Crippen LogP contribution in [-0.2, 0) is 9.59 Å². The van der Waals surface area contributed by atoms with Crippen LogP contribution >= 0.6 is 0 Å². The second-order valence-corrected chi connectivity index (χ2v) is 6.67. The Morgan fingerprint density at radius 2 is 1.54 bits per heavy atom. The highest BCUT2D eigenvalue weighted by atomic mass is 16.4. The largest absolute Gasteiger partial charge is 0.478 e. The molecule has 0 aliphatic heterocycles. The molecule has 126 valence electrons. The molecule has 0 aromatic rings. The van der Waals surface area contributed by atoms with Crippen LogP contribution in [-0.4, -0.2) is 16.9 Å². The van der Waals surface area contributed by atoms with Gasteiger partial charge in [0.1, 0.15) is 17.7 Å². The van der Waals surface area contributed by atoms with E-state index in [0.29, 0.717) is 18.4 Å². The Balaban J connectivity index is 2.48. The van der Waals surface area contributed by atoms with E-state index in [-0.39, 0.29) is 28.8 Å². The van der Waals surface area contributed by atoms with E-state index in [1.54, 1.807) is 0 Å². The van der Waals surface area contributed by atoms with Gasteiger partial charge in [-0.2, -0.15) is 10.5 Å². The van der Waals surface area contributed by atoms with Gasteiger partial charge in [-0.1, -0.05) is 32.1 Å². The number of Topliss-reactive ketones (excluding diaryl/α,β-unsaturated/α-hetero) is 1. The fourth-order valence-corrected chi connectivity index (χ4v) is 3.93. The number of carbonyl (C=O) groups excluding carboxylic acids is 1. The van der Waals surface area contributed by atoms with Crippen molar-refractivity contribution in [1.29, 1.82) is 10.5 Å². The van der Waals surface area contributed by atoms with Crippen molar-refractivity contribution >= 4 is 11.8 Å². The third-order valence-corrected chi connectivity index (χ3v) is 5.15. The van der Waals surface area contributed by atoms with E-state index >= 15 is 0 Å². The van der Waals surface area contributed by atoms with E-state index < -0.39 is 5.97 Å². The summed E-state index contributed by atoms with van der Waals surface area (Å²) in [5.74, 6) is -1.02. The summed E-state index contributed by atoms with van der Waals surface area (Å²) in [6.45, 7) is 0. The Bertz CT molecular complexity index is 645. The first-order valence-corrected chi connectivity index (χ1v) is 8.58. The molecule has 0 saturated heterocycles. The molecule has 0 radical (unpaired) electrons. The first-order chi connectivity index (χ1) is 11.6. The smallest absolute Gasteiger partial charge is 0.329 e. The number of carboxylic acids is 1. The van der Waals surface area contributed by atoms with Crippen molar-refractivity contribution in [2.24, 2.45) is 11.8 Å². The van der Waals surface area contributed by atoms with Crippen molar-refractivity contribution in [3.63, 3.8) is 0 Å². The number of aliphatic carboxylic acids is 1. The molecule has 0 spiro atoms. The number of nitrogens with zero attached hydrogens (tertiary/aromatic N) is 2. The van der Waals surface area contributed by atoms with E-state index in [2.05, 4.69) is 0 Å². The monoisotopic (exact) mass is 326 g/mol. The van der Waals surface area contributed by atoms with E-state index in [1.165, 1.54) is 12.8 Å². The van der Waals surface area contributed by atoms with Crippen LogP contribution in [0.3, 0.4) is 0 Å². The Labute approximate surface area is 142 Å². The van der Waals surface area contributed by atoms with Crippen LogP contribution < -0.4 is 0 Å². The lowest BCUT2D eigenvalue weighted by Crippen LogP contribution is -2.15. The van der Waals surface area contributed by atoms with Crippen molar-refractivity contribution in [2.45, 2.75) is 57.8 Å². The van der Waals surface area contributed by atoms with E-state index in [1.807, 2.05) is 12.1 Å². The van der Waals surface area contributed by atoms with Crippen molar-refractivity contribution in [3.05, 3.63) is 22.8 Å². The lowest BCUT2D eigenvalue weighted by molar-refractivity contribution is -0.131. The van der Waals surface area contributed by atoms with Crippen LogP contribution in [0.1, 0.15) is 57.8 Å². The lowest BCUT2D eigenvalue weighted by Gasteiger charge is -2.23. The summed E-state index contributed by atoms with van der Waals surface area (Å²) in [6, 6.07) is 3.68. The van der Waals surface area contributed by atoms with Gasteiger partial charge in [0.25, 0.3) is 0 Å². The van der Waals surface area contributed by atoms with Crippen LogP contribution in [0.4, 0.5) is 0 Å². The molecule has 1 N–H and O–H groups in total. The predicted molar refractivity (Wildman–Crippen MR) is 87.5 cm³/mol. The highest BCUT2D eigenvalue weighted by Gasteiger charge is 2.33. The number of rotatable bonds is 1. The maximum absolute atomic E-state index is 12.7. The molecule has 2 rings (SSSR count). The molecule has 2 aliphatic carbocycles. The average molecular weight is 326 g/mol. The fraction of sp³-hybridized carbons (Fsp3) is 0.579. The van der Waals surface area contributed by atoms with Crippen LogP contribution in [0.5, 0.6) is 0 Å². The number of ketones is 1. The van der Waals surface area contributed by atoms with Gasteiger partial charge in [-0.15, -0.1) is 0 Å². The summed E-state index contributed by atoms with van der Waals surface area (Å²) in [5.41, 5.74) is 0.251. The Kier molecular flexibility index (Phi) is 6.32. The van der Waals surface area contributed by atoms with Gasteiger partial charge in [0.05, 0.1) is 0 Å². The molecule has 2 unspecified atom stereocenters. The van der Waals surface area contributed by atoms with Gasteiger partial charge in [-0.05, 0) is 36.7 Å². The third-order valence-electron chi connectivity index (χ3n) is 5.15. The van der Waals surface area contributed by atoms with Gasteiger partial charge in [-0.3, -0.25) is 4.79 Å². The maximum Gasteiger partial charge on any atom is 0.329 e. The molecule has 2 fully saturated rings. The van der Waals surface area contributed by atoms with Crippen LogP contribution in [0, 0.1) is 34.5 Å². The van der Waals surface area contributed by atoms with Gasteiger partial charge in [0.2, 0.25) is 0 Å². The third kappa shape index (κ3) is 4.32. The Hall–Kier alpha value is -2.40. The van der Waals surface area contributed by atoms with E-state index in [9.17, 15) is 20.1 Å². The zero-order chi connectivity index (χ0) is 17.5. The molecule has 0 heterocycles. The van der Waals surface area contributed by atoms with Crippen LogP contribution in [0.15, 0.2) is 22.8 Å².